The third-order valence-corrected chi connectivity index (χ3v) is 13.9. The fraction of sp³-hybridized carbons (Fsp3) is 0.774. The zero-order chi connectivity index (χ0) is 52.9. The Bertz CT molecular complexity index is 1460. The number of nitrogens with one attached hydrogen (secondary N) is 1. The van der Waals surface area contributed by atoms with Crippen LogP contribution in [0.1, 0.15) is 258 Å². The molecule has 72 heavy (non-hydrogen) atoms. The van der Waals surface area contributed by atoms with E-state index in [-0.39, 0.29) is 24.9 Å². The van der Waals surface area contributed by atoms with Crippen molar-refractivity contribution in [1.29, 1.82) is 0 Å². The Morgan fingerprint density at radius 3 is 1.33 bits per heavy atom. The predicted octanol–water partition coefficient (Wildman–Crippen LogP) is 17.4. The van der Waals surface area contributed by atoms with Gasteiger partial charge in [-0.3, -0.25) is 14.2 Å². The normalized spacial score (nSPS) is 14.3. The lowest BCUT2D eigenvalue weighted by atomic mass is 10.0. The van der Waals surface area contributed by atoms with Crippen molar-refractivity contribution in [3.05, 3.63) is 72.9 Å². The van der Waals surface area contributed by atoms with Crippen LogP contribution in [0, 0.1) is 0 Å². The molecule has 3 atom stereocenters. The highest BCUT2D eigenvalue weighted by Gasteiger charge is 2.27. The van der Waals surface area contributed by atoms with Gasteiger partial charge in [-0.1, -0.05) is 242 Å². The topological polar surface area (TPSA) is 114 Å². The lowest BCUT2D eigenvalue weighted by Crippen LogP contribution is -2.47. The van der Waals surface area contributed by atoms with E-state index in [0.717, 1.165) is 103 Å². The van der Waals surface area contributed by atoms with E-state index in [2.05, 4.69) is 86.8 Å². The van der Waals surface area contributed by atoms with Gasteiger partial charge in [0, 0.05) is 12.8 Å². The van der Waals surface area contributed by atoms with Gasteiger partial charge in [0.15, 0.2) is 0 Å². The third kappa shape index (κ3) is 52.3. The summed E-state index contributed by atoms with van der Waals surface area (Å²) in [5.41, 5.74) is 0. The van der Waals surface area contributed by atoms with Crippen LogP contribution >= 0.6 is 7.82 Å². The highest BCUT2D eigenvalue weighted by molar-refractivity contribution is 7.45. The molecular weight excluding hydrogens is 916 g/mol. The van der Waals surface area contributed by atoms with Gasteiger partial charge < -0.3 is 28.5 Å². The van der Waals surface area contributed by atoms with Gasteiger partial charge >= 0.3 is 5.97 Å². The summed E-state index contributed by atoms with van der Waals surface area (Å²) in [7, 11) is 1.17. The SMILES string of the molecule is CC/C=C\C/C=C\C/C=C\C/C=C\C/C=C\CCCCCCCC(=O)NC(COP(=O)([O-])OCC[N+](C)(C)C)C(/C=C\CCCCCCCCCCCC)OC(=O)CCCCCCCCCCCCCCC. The number of carbonyl (C=O) groups is 2. The molecule has 0 fully saturated rings. The number of hydrogen-bond donors (Lipinski definition) is 1. The highest BCUT2D eigenvalue weighted by atomic mass is 31.2. The molecule has 1 amide bonds. The van der Waals surface area contributed by atoms with E-state index in [0.29, 0.717) is 23.9 Å². The summed E-state index contributed by atoms with van der Waals surface area (Å²) in [5.74, 6) is -0.560. The number of rotatable bonds is 53. The summed E-state index contributed by atoms with van der Waals surface area (Å²) in [4.78, 5) is 39.9. The van der Waals surface area contributed by atoms with Crippen LogP contribution < -0.4 is 10.2 Å². The zero-order valence-corrected chi connectivity index (χ0v) is 48.5. The molecule has 0 aliphatic carbocycles. The maximum atomic E-state index is 13.5. The molecule has 0 rings (SSSR count). The van der Waals surface area contributed by atoms with Crippen LogP contribution in [-0.4, -0.2) is 69.4 Å². The quantitative estimate of drug-likeness (QED) is 0.0212. The molecule has 9 nitrogen and oxygen atoms in total. The fourth-order valence-corrected chi connectivity index (χ4v) is 9.04. The van der Waals surface area contributed by atoms with Crippen LogP contribution in [-0.2, 0) is 27.9 Å². The third-order valence-electron chi connectivity index (χ3n) is 12.9. The largest absolute Gasteiger partial charge is 0.756 e. The molecule has 418 valence electrons. The number of quaternary nitrogens is 1. The number of phosphoric acid groups is 1. The fourth-order valence-electron chi connectivity index (χ4n) is 8.31. The molecular formula is C62H113N2O7P. The Labute approximate surface area is 444 Å². The molecule has 0 aliphatic rings. The van der Waals surface area contributed by atoms with Crippen LogP contribution in [0.5, 0.6) is 0 Å². The van der Waals surface area contributed by atoms with E-state index in [4.69, 9.17) is 13.8 Å². The summed E-state index contributed by atoms with van der Waals surface area (Å²) >= 11 is 0. The van der Waals surface area contributed by atoms with Crippen LogP contribution in [0.3, 0.4) is 0 Å². The Balaban J connectivity index is 5.30. The molecule has 0 heterocycles. The number of allylic oxidation sites excluding steroid dienone is 11. The molecule has 1 N–H and O–H groups in total. The van der Waals surface area contributed by atoms with Crippen molar-refractivity contribution in [1.82, 2.24) is 5.32 Å². The van der Waals surface area contributed by atoms with E-state index in [1.165, 1.54) is 116 Å². The lowest BCUT2D eigenvalue weighted by Gasteiger charge is -2.30. The summed E-state index contributed by atoms with van der Waals surface area (Å²) in [5, 5.41) is 3.01. The molecule has 10 heteroatoms. The second-order valence-electron chi connectivity index (χ2n) is 21.1. The first-order chi connectivity index (χ1) is 34.9. The van der Waals surface area contributed by atoms with Gasteiger partial charge in [-0.2, -0.15) is 0 Å². The zero-order valence-electron chi connectivity index (χ0n) is 47.6. The van der Waals surface area contributed by atoms with Crippen LogP contribution in [0.2, 0.25) is 0 Å². The number of nitrogens with zero attached hydrogens (tertiary/aromatic N) is 1. The standard InChI is InChI=1S/C62H113N2O7P/c1-7-10-13-16-19-22-25-28-29-30-31-32-33-34-35-37-39-42-45-48-51-54-61(65)63-59(58-70-72(67,68)69-57-56-64(4,5)6)60(53-50-47-44-41-38-27-24-21-18-15-12-9-3)71-62(66)55-52-49-46-43-40-36-26-23-20-17-14-11-8-2/h10,13,19,22,28-29,31-32,34-35,50,53,59-60H,7-9,11-12,14-18,20-21,23-27,30,33,36-49,51-52,54-58H2,1-6H3,(H-,63,65,67,68)/b13-10-,22-19-,29-28-,32-31-,35-34-,53-50-. The molecule has 0 saturated carbocycles. The number of carbonyl (C=O) groups excluding carboxylic acids is 2. The Hall–Kier alpha value is -2.55. The number of ether oxygens (including phenoxy) is 1. The molecule has 0 bridgehead atoms. The van der Waals surface area contributed by atoms with Gasteiger partial charge in [-0.05, 0) is 76.7 Å². The molecule has 0 aromatic heterocycles. The van der Waals surface area contributed by atoms with Gasteiger partial charge in [-0.15, -0.1) is 0 Å². The van der Waals surface area contributed by atoms with Crippen molar-refractivity contribution in [2.45, 2.75) is 270 Å². The molecule has 0 aromatic carbocycles. The van der Waals surface area contributed by atoms with Gasteiger partial charge in [0.2, 0.25) is 5.91 Å². The van der Waals surface area contributed by atoms with Crippen molar-refractivity contribution in [2.24, 2.45) is 0 Å². The van der Waals surface area contributed by atoms with Crippen molar-refractivity contribution in [2.75, 3.05) is 40.9 Å². The maximum Gasteiger partial charge on any atom is 0.306 e. The second-order valence-corrected chi connectivity index (χ2v) is 22.5. The smallest absolute Gasteiger partial charge is 0.306 e. The Kier molecular flexibility index (Phi) is 50.1. The van der Waals surface area contributed by atoms with E-state index < -0.39 is 26.6 Å². The molecule has 0 aliphatic heterocycles. The predicted molar refractivity (Wildman–Crippen MR) is 307 cm³/mol. The first-order valence-electron chi connectivity index (χ1n) is 29.7. The number of likely N-dealkylation sites (N-methyl/N-ethyl adjacent to an activating group) is 1. The molecule has 0 spiro atoms. The van der Waals surface area contributed by atoms with Crippen molar-refractivity contribution in [3.8, 4) is 0 Å². The van der Waals surface area contributed by atoms with E-state index >= 15 is 0 Å². The van der Waals surface area contributed by atoms with Gasteiger partial charge in [0.05, 0.1) is 33.8 Å². The van der Waals surface area contributed by atoms with E-state index in [9.17, 15) is 19.0 Å². The van der Waals surface area contributed by atoms with Crippen molar-refractivity contribution in [3.63, 3.8) is 0 Å². The average Bonchev–Trinajstić information content (AvgIpc) is 3.34. The first-order valence-corrected chi connectivity index (χ1v) is 31.2. The summed E-state index contributed by atoms with van der Waals surface area (Å²) < 4.78 is 30.2. The summed E-state index contributed by atoms with van der Waals surface area (Å²) in [6.07, 6.45) is 65.7. The lowest BCUT2D eigenvalue weighted by molar-refractivity contribution is -0.870. The maximum absolute atomic E-state index is 13.5. The second kappa shape index (κ2) is 51.9. The minimum Gasteiger partial charge on any atom is -0.756 e. The van der Waals surface area contributed by atoms with Crippen LogP contribution in [0.4, 0.5) is 0 Å². The number of amides is 1. The van der Waals surface area contributed by atoms with Crippen LogP contribution in [0.25, 0.3) is 0 Å². The Morgan fingerprint density at radius 1 is 0.500 bits per heavy atom. The molecule has 0 aromatic rings. The summed E-state index contributed by atoms with van der Waals surface area (Å²) in [6, 6.07) is -0.898. The Morgan fingerprint density at radius 2 is 0.889 bits per heavy atom. The van der Waals surface area contributed by atoms with Crippen molar-refractivity contribution >= 4 is 19.7 Å². The number of unbranched alkanes of at least 4 members (excludes halogenated alkanes) is 27. The van der Waals surface area contributed by atoms with Crippen molar-refractivity contribution < 1.29 is 37.3 Å². The summed E-state index contributed by atoms with van der Waals surface area (Å²) in [6.45, 7) is 6.71. The monoisotopic (exact) mass is 1030 g/mol. The van der Waals surface area contributed by atoms with Gasteiger partial charge in [0.25, 0.3) is 7.82 Å². The van der Waals surface area contributed by atoms with E-state index in [1.54, 1.807) is 0 Å². The van der Waals surface area contributed by atoms with E-state index in [1.807, 2.05) is 33.3 Å². The van der Waals surface area contributed by atoms with Crippen LogP contribution in [0.15, 0.2) is 72.9 Å². The van der Waals surface area contributed by atoms with Gasteiger partial charge in [-0.25, -0.2) is 0 Å². The molecule has 0 radical (unpaired) electrons. The minimum atomic E-state index is -4.70. The number of esters is 1. The highest BCUT2D eigenvalue weighted by Crippen LogP contribution is 2.38. The first kappa shape index (κ1) is 69.5. The molecule has 3 unspecified atom stereocenters. The molecule has 0 saturated heterocycles. The minimum absolute atomic E-state index is 0.0279. The number of phosphoric ester groups is 1. The average molecular weight is 1030 g/mol. The van der Waals surface area contributed by atoms with Gasteiger partial charge in [0.1, 0.15) is 19.3 Å². The number of hydrogen-bond acceptors (Lipinski definition) is 7.